The van der Waals surface area contributed by atoms with Crippen molar-refractivity contribution in [3.05, 3.63) is 59.4 Å². The van der Waals surface area contributed by atoms with Gasteiger partial charge in [0.25, 0.3) is 0 Å². The van der Waals surface area contributed by atoms with E-state index in [4.69, 9.17) is 9.47 Å². The Morgan fingerprint density at radius 2 is 1.96 bits per heavy atom. The first-order chi connectivity index (χ1) is 13.5. The number of hydrogen-bond donors (Lipinski definition) is 1. The molecule has 0 radical (unpaired) electrons. The highest BCUT2D eigenvalue weighted by atomic mass is 19.1. The maximum Gasteiger partial charge on any atom is 0.407 e. The van der Waals surface area contributed by atoms with Crippen LogP contribution >= 0.6 is 0 Å². The molecule has 0 unspecified atom stereocenters. The fraction of sp³-hybridized carbons (Fsp3) is 0.318. The highest BCUT2D eigenvalue weighted by Crippen LogP contribution is 2.37. The third-order valence-electron chi connectivity index (χ3n) is 4.88. The average molecular weight is 383 g/mol. The molecule has 0 bridgehead atoms. The summed E-state index contributed by atoms with van der Waals surface area (Å²) in [6.45, 7) is 3.18. The third-order valence-corrected chi connectivity index (χ3v) is 4.88. The van der Waals surface area contributed by atoms with Gasteiger partial charge < -0.3 is 19.5 Å². The monoisotopic (exact) mass is 383 g/mol. The van der Waals surface area contributed by atoms with Crippen LogP contribution in [0.3, 0.4) is 0 Å². The van der Waals surface area contributed by atoms with Crippen LogP contribution in [0.25, 0.3) is 0 Å². The summed E-state index contributed by atoms with van der Waals surface area (Å²) in [6.07, 6.45) is -0.893. The van der Waals surface area contributed by atoms with Gasteiger partial charge in [-0.1, -0.05) is 24.8 Å². The van der Waals surface area contributed by atoms with Crippen LogP contribution in [0.1, 0.15) is 24.0 Å². The van der Waals surface area contributed by atoms with Crippen molar-refractivity contribution in [2.75, 3.05) is 26.8 Å². The zero-order valence-electron chi connectivity index (χ0n) is 15.8. The highest BCUT2D eigenvalue weighted by Gasteiger charge is 2.33. The molecule has 28 heavy (non-hydrogen) atoms. The Balaban J connectivity index is 1.71. The summed E-state index contributed by atoms with van der Waals surface area (Å²) in [7, 11) is 1.57. The van der Waals surface area contributed by atoms with Gasteiger partial charge >= 0.3 is 6.09 Å². The van der Waals surface area contributed by atoms with Crippen LogP contribution in [-0.2, 0) is 0 Å². The van der Waals surface area contributed by atoms with Crippen LogP contribution in [0.5, 0.6) is 11.5 Å². The standard InChI is InChI=1S/C22H22FNO4/c1-15-13-24(22(25)26)14-19(15)17-7-10-20(27-2)21(12-17)28-11-3-4-16-5-8-18(23)9-6-16/h5-10,12,15,19H,11,13-14H2,1-2H3,(H,25,26)/t15-,19+/m1/s1. The molecule has 0 aliphatic carbocycles. The molecular weight excluding hydrogens is 361 g/mol. The minimum atomic E-state index is -0.893. The van der Waals surface area contributed by atoms with Gasteiger partial charge in [0.15, 0.2) is 11.5 Å². The molecule has 0 spiro atoms. The van der Waals surface area contributed by atoms with Gasteiger partial charge in [-0.3, -0.25) is 0 Å². The number of nitrogens with zero attached hydrogens (tertiary/aromatic N) is 1. The lowest BCUT2D eigenvalue weighted by atomic mass is 9.90. The lowest BCUT2D eigenvalue weighted by molar-refractivity contribution is 0.154. The molecule has 0 aromatic heterocycles. The fourth-order valence-electron chi connectivity index (χ4n) is 3.38. The second-order valence-electron chi connectivity index (χ2n) is 6.78. The second-order valence-corrected chi connectivity index (χ2v) is 6.78. The van der Waals surface area contributed by atoms with E-state index in [0.717, 1.165) is 5.56 Å². The summed E-state index contributed by atoms with van der Waals surface area (Å²) in [4.78, 5) is 12.7. The third kappa shape index (κ3) is 4.55. The van der Waals surface area contributed by atoms with E-state index in [1.165, 1.54) is 17.0 Å². The molecule has 0 saturated carbocycles. The van der Waals surface area contributed by atoms with Gasteiger partial charge in [0, 0.05) is 24.6 Å². The zero-order chi connectivity index (χ0) is 20.1. The molecule has 5 nitrogen and oxygen atoms in total. The van der Waals surface area contributed by atoms with Crippen LogP contribution in [0.4, 0.5) is 9.18 Å². The summed E-state index contributed by atoms with van der Waals surface area (Å²) < 4.78 is 24.1. The normalized spacial score (nSPS) is 18.3. The second kappa shape index (κ2) is 8.66. The lowest BCUT2D eigenvalue weighted by Gasteiger charge is -2.17. The van der Waals surface area contributed by atoms with Crippen LogP contribution in [0, 0.1) is 23.6 Å². The lowest BCUT2D eigenvalue weighted by Crippen LogP contribution is -2.26. The summed E-state index contributed by atoms with van der Waals surface area (Å²) in [5.41, 5.74) is 1.72. The largest absolute Gasteiger partial charge is 0.493 e. The SMILES string of the molecule is COc1ccc([C@H]2CN(C(=O)O)C[C@H]2C)cc1OCC#Cc1ccc(F)cc1. The van der Waals surface area contributed by atoms with E-state index in [1.807, 2.05) is 25.1 Å². The molecule has 1 aliphatic heterocycles. The molecule has 1 aliphatic rings. The first-order valence-electron chi connectivity index (χ1n) is 9.01. The van der Waals surface area contributed by atoms with Crippen molar-refractivity contribution in [2.24, 2.45) is 5.92 Å². The number of halogens is 1. The van der Waals surface area contributed by atoms with Crippen molar-refractivity contribution >= 4 is 6.09 Å². The van der Waals surface area contributed by atoms with Gasteiger partial charge in [-0.2, -0.15) is 0 Å². The van der Waals surface area contributed by atoms with Gasteiger partial charge in [0.05, 0.1) is 7.11 Å². The number of amides is 1. The Labute approximate surface area is 163 Å². The van der Waals surface area contributed by atoms with E-state index in [2.05, 4.69) is 11.8 Å². The molecule has 1 N–H and O–H groups in total. The number of likely N-dealkylation sites (tertiary alicyclic amines) is 1. The maximum absolute atomic E-state index is 12.9. The fourth-order valence-corrected chi connectivity index (χ4v) is 3.38. The number of carboxylic acid groups (broad SMARTS) is 1. The smallest absolute Gasteiger partial charge is 0.407 e. The summed E-state index contributed by atoms with van der Waals surface area (Å²) in [6, 6.07) is 11.6. The molecule has 1 heterocycles. The van der Waals surface area contributed by atoms with E-state index >= 15 is 0 Å². The Bertz CT molecular complexity index is 901. The van der Waals surface area contributed by atoms with Crippen LogP contribution in [-0.4, -0.2) is 42.9 Å². The van der Waals surface area contributed by atoms with Crippen molar-refractivity contribution in [3.8, 4) is 23.3 Å². The summed E-state index contributed by atoms with van der Waals surface area (Å²) in [5, 5.41) is 9.23. The zero-order valence-corrected chi connectivity index (χ0v) is 15.8. The number of hydrogen-bond acceptors (Lipinski definition) is 3. The Morgan fingerprint density at radius 3 is 2.61 bits per heavy atom. The van der Waals surface area contributed by atoms with Gasteiger partial charge in [-0.05, 0) is 47.9 Å². The Hall–Kier alpha value is -3.20. The van der Waals surface area contributed by atoms with E-state index in [1.54, 1.807) is 19.2 Å². The first-order valence-corrected chi connectivity index (χ1v) is 9.01. The Morgan fingerprint density at radius 1 is 1.21 bits per heavy atom. The average Bonchev–Trinajstić information content (AvgIpc) is 3.08. The van der Waals surface area contributed by atoms with E-state index in [9.17, 15) is 14.3 Å². The molecule has 2 aromatic rings. The van der Waals surface area contributed by atoms with Crippen molar-refractivity contribution in [1.82, 2.24) is 4.90 Å². The van der Waals surface area contributed by atoms with Gasteiger partial charge in [-0.25, -0.2) is 9.18 Å². The maximum atomic E-state index is 12.9. The number of ether oxygens (including phenoxy) is 2. The van der Waals surface area contributed by atoms with Crippen molar-refractivity contribution in [2.45, 2.75) is 12.8 Å². The van der Waals surface area contributed by atoms with Crippen LogP contribution < -0.4 is 9.47 Å². The molecule has 1 amide bonds. The summed E-state index contributed by atoms with van der Waals surface area (Å²) in [5.74, 6) is 7.00. The van der Waals surface area contributed by atoms with Crippen LogP contribution in [0.15, 0.2) is 42.5 Å². The van der Waals surface area contributed by atoms with Gasteiger partial charge in [0.1, 0.15) is 12.4 Å². The molecule has 2 aromatic carbocycles. The highest BCUT2D eigenvalue weighted by molar-refractivity contribution is 5.65. The van der Waals surface area contributed by atoms with E-state index in [0.29, 0.717) is 30.2 Å². The summed E-state index contributed by atoms with van der Waals surface area (Å²) >= 11 is 0. The molecule has 1 saturated heterocycles. The van der Waals surface area contributed by atoms with E-state index in [-0.39, 0.29) is 24.3 Å². The van der Waals surface area contributed by atoms with E-state index < -0.39 is 6.09 Å². The van der Waals surface area contributed by atoms with Crippen LogP contribution in [0.2, 0.25) is 0 Å². The molecule has 1 fully saturated rings. The molecule has 146 valence electrons. The molecular formula is C22H22FNO4. The number of benzene rings is 2. The van der Waals surface area contributed by atoms with Crippen molar-refractivity contribution in [3.63, 3.8) is 0 Å². The quantitative estimate of drug-likeness (QED) is 0.812. The number of rotatable bonds is 4. The minimum absolute atomic E-state index is 0.106. The number of methoxy groups -OCH3 is 1. The molecule has 3 rings (SSSR count). The molecule has 2 atom stereocenters. The van der Waals surface area contributed by atoms with Gasteiger partial charge in [0.2, 0.25) is 0 Å². The van der Waals surface area contributed by atoms with Crippen molar-refractivity contribution < 1.29 is 23.8 Å². The minimum Gasteiger partial charge on any atom is -0.493 e. The predicted molar refractivity (Wildman–Crippen MR) is 103 cm³/mol. The topological polar surface area (TPSA) is 59.0 Å². The van der Waals surface area contributed by atoms with Crippen molar-refractivity contribution in [1.29, 1.82) is 0 Å². The number of carbonyl (C=O) groups is 1. The molecule has 6 heteroatoms. The Kier molecular flexibility index (Phi) is 6.05. The first kappa shape index (κ1) is 19.6. The van der Waals surface area contributed by atoms with Gasteiger partial charge in [-0.15, -0.1) is 0 Å². The predicted octanol–water partition coefficient (Wildman–Crippen LogP) is 3.98.